The van der Waals surface area contributed by atoms with E-state index in [4.69, 9.17) is 0 Å². The van der Waals surface area contributed by atoms with Gasteiger partial charge in [-0.2, -0.15) is 13.2 Å². The van der Waals surface area contributed by atoms with Crippen LogP contribution in [0.4, 0.5) is 13.2 Å². The number of nitrogens with one attached hydrogen (secondary N) is 2. The molecule has 0 atom stereocenters. The third kappa shape index (κ3) is 4.38. The molecule has 6 heteroatoms. The Morgan fingerprint density at radius 2 is 1.75 bits per heavy atom. The first-order valence-electron chi connectivity index (χ1n) is 9.16. The van der Waals surface area contributed by atoms with Crippen LogP contribution in [-0.2, 0) is 23.8 Å². The lowest BCUT2D eigenvalue weighted by molar-refractivity contribution is -0.137. The highest BCUT2D eigenvalue weighted by Gasteiger charge is 2.29. The molecular formula is C22H23F3N2O. The van der Waals surface area contributed by atoms with Gasteiger partial charge in [0.25, 0.3) is 0 Å². The van der Waals surface area contributed by atoms with E-state index in [-0.39, 0.29) is 12.3 Å². The monoisotopic (exact) mass is 388 g/mol. The van der Waals surface area contributed by atoms with E-state index in [1.54, 1.807) is 0 Å². The fraction of sp³-hybridized carbons (Fsp3) is 0.318. The molecule has 3 nitrogen and oxygen atoms in total. The number of carbonyl (C=O) groups is 1. The zero-order valence-corrected chi connectivity index (χ0v) is 16.1. The Bertz CT molecular complexity index is 1000. The first-order chi connectivity index (χ1) is 13.1. The fourth-order valence-electron chi connectivity index (χ4n) is 3.49. The maximum Gasteiger partial charge on any atom is 0.416 e. The van der Waals surface area contributed by atoms with Crippen molar-refractivity contribution in [1.82, 2.24) is 10.3 Å². The summed E-state index contributed by atoms with van der Waals surface area (Å²) in [6.07, 6.45) is -3.59. The van der Waals surface area contributed by atoms with Crippen LogP contribution in [0.5, 0.6) is 0 Å². The topological polar surface area (TPSA) is 44.9 Å². The first kappa shape index (κ1) is 20.0. The number of carbonyl (C=O) groups excluding carboxylic acids is 1. The number of H-pyrrole nitrogens is 1. The number of fused-ring (bicyclic) bond motifs is 1. The SMILES string of the molecule is Cc1cc(C)c2[nH]c(C)c(CC(=O)NCCc3ccc(C(F)(F)F)cc3)c2c1. The summed E-state index contributed by atoms with van der Waals surface area (Å²) in [7, 11) is 0. The number of hydrogen-bond donors (Lipinski definition) is 2. The van der Waals surface area contributed by atoms with E-state index in [1.807, 2.05) is 20.8 Å². The van der Waals surface area contributed by atoms with Crippen molar-refractivity contribution >= 4 is 16.8 Å². The minimum Gasteiger partial charge on any atom is -0.358 e. The molecular weight excluding hydrogens is 365 g/mol. The van der Waals surface area contributed by atoms with Gasteiger partial charge >= 0.3 is 6.18 Å². The largest absolute Gasteiger partial charge is 0.416 e. The van der Waals surface area contributed by atoms with Crippen LogP contribution in [-0.4, -0.2) is 17.4 Å². The molecule has 0 fully saturated rings. The summed E-state index contributed by atoms with van der Waals surface area (Å²) in [5.41, 5.74) is 5.38. The molecule has 0 saturated heterocycles. The van der Waals surface area contributed by atoms with Crippen molar-refractivity contribution in [3.05, 3.63) is 69.9 Å². The number of aromatic amines is 1. The van der Waals surface area contributed by atoms with Gasteiger partial charge in [-0.3, -0.25) is 4.79 Å². The van der Waals surface area contributed by atoms with Gasteiger partial charge < -0.3 is 10.3 Å². The molecule has 3 rings (SSSR count). The standard InChI is InChI=1S/C22H23F3N2O/c1-13-10-14(2)21-19(11-13)18(15(3)27-21)12-20(28)26-9-8-16-4-6-17(7-5-16)22(23,24)25/h4-7,10-11,27H,8-9,12H2,1-3H3,(H,26,28). The first-order valence-corrected chi connectivity index (χ1v) is 9.16. The summed E-state index contributed by atoms with van der Waals surface area (Å²) in [6, 6.07) is 9.21. The lowest BCUT2D eigenvalue weighted by Gasteiger charge is -2.09. The summed E-state index contributed by atoms with van der Waals surface area (Å²) in [5.74, 6) is -0.102. The number of benzene rings is 2. The number of rotatable bonds is 5. The number of aryl methyl sites for hydroxylation is 3. The molecule has 0 aliphatic heterocycles. The lowest BCUT2D eigenvalue weighted by atomic mass is 10.0. The van der Waals surface area contributed by atoms with Crippen molar-refractivity contribution in [3.63, 3.8) is 0 Å². The average Bonchev–Trinajstić information content (AvgIpc) is 2.91. The molecule has 2 aromatic carbocycles. The van der Waals surface area contributed by atoms with Crippen LogP contribution < -0.4 is 5.32 Å². The van der Waals surface area contributed by atoms with Crippen molar-refractivity contribution in [1.29, 1.82) is 0 Å². The zero-order chi connectivity index (χ0) is 20.5. The second kappa shape index (κ2) is 7.70. The molecule has 0 radical (unpaired) electrons. The smallest absolute Gasteiger partial charge is 0.358 e. The summed E-state index contributed by atoms with van der Waals surface area (Å²) < 4.78 is 37.8. The van der Waals surface area contributed by atoms with E-state index in [2.05, 4.69) is 22.4 Å². The molecule has 1 aromatic heterocycles. The molecule has 0 saturated carbocycles. The summed E-state index contributed by atoms with van der Waals surface area (Å²) >= 11 is 0. The number of halogens is 3. The van der Waals surface area contributed by atoms with E-state index < -0.39 is 11.7 Å². The van der Waals surface area contributed by atoms with Gasteiger partial charge in [-0.15, -0.1) is 0 Å². The summed E-state index contributed by atoms with van der Waals surface area (Å²) in [5, 5.41) is 3.92. The average molecular weight is 388 g/mol. The van der Waals surface area contributed by atoms with Crippen LogP contribution in [0.15, 0.2) is 36.4 Å². The molecule has 0 spiro atoms. The Balaban J connectivity index is 1.61. The maximum atomic E-state index is 12.6. The van der Waals surface area contributed by atoms with Crippen molar-refractivity contribution < 1.29 is 18.0 Å². The second-order valence-corrected chi connectivity index (χ2v) is 7.20. The molecule has 2 N–H and O–H groups in total. The predicted octanol–water partition coefficient (Wildman–Crippen LogP) is 5.01. The molecule has 0 unspecified atom stereocenters. The molecule has 0 aliphatic carbocycles. The molecule has 28 heavy (non-hydrogen) atoms. The van der Waals surface area contributed by atoms with Gasteiger partial charge in [-0.05, 0) is 62.1 Å². The van der Waals surface area contributed by atoms with Crippen LogP contribution >= 0.6 is 0 Å². The highest BCUT2D eigenvalue weighted by molar-refractivity contribution is 5.92. The van der Waals surface area contributed by atoms with Gasteiger partial charge in [-0.1, -0.05) is 23.8 Å². The van der Waals surface area contributed by atoms with Gasteiger partial charge in [0.15, 0.2) is 0 Å². The van der Waals surface area contributed by atoms with Gasteiger partial charge in [0, 0.05) is 23.1 Å². The van der Waals surface area contributed by atoms with E-state index >= 15 is 0 Å². The maximum absolute atomic E-state index is 12.6. The quantitative estimate of drug-likeness (QED) is 0.634. The number of amides is 1. The van der Waals surface area contributed by atoms with Crippen molar-refractivity contribution in [2.24, 2.45) is 0 Å². The van der Waals surface area contributed by atoms with Crippen molar-refractivity contribution in [2.75, 3.05) is 6.54 Å². The Hall–Kier alpha value is -2.76. The minimum absolute atomic E-state index is 0.102. The number of hydrogen-bond acceptors (Lipinski definition) is 1. The van der Waals surface area contributed by atoms with Gasteiger partial charge in [0.05, 0.1) is 12.0 Å². The molecule has 148 valence electrons. The molecule has 0 aliphatic rings. The van der Waals surface area contributed by atoms with Crippen LogP contribution in [0.25, 0.3) is 10.9 Å². The summed E-state index contributed by atoms with van der Waals surface area (Å²) in [4.78, 5) is 15.7. The van der Waals surface area contributed by atoms with Crippen LogP contribution in [0.1, 0.15) is 33.5 Å². The van der Waals surface area contributed by atoms with Crippen LogP contribution in [0.2, 0.25) is 0 Å². The number of aromatic nitrogens is 1. The van der Waals surface area contributed by atoms with Crippen LogP contribution in [0, 0.1) is 20.8 Å². The van der Waals surface area contributed by atoms with Gasteiger partial charge in [-0.25, -0.2) is 0 Å². The third-order valence-corrected chi connectivity index (χ3v) is 4.92. The van der Waals surface area contributed by atoms with Crippen molar-refractivity contribution in [2.45, 2.75) is 39.8 Å². The minimum atomic E-state index is -4.33. The van der Waals surface area contributed by atoms with E-state index in [9.17, 15) is 18.0 Å². The van der Waals surface area contributed by atoms with Gasteiger partial charge in [0.1, 0.15) is 0 Å². The van der Waals surface area contributed by atoms with Gasteiger partial charge in [0.2, 0.25) is 5.91 Å². The molecule has 3 aromatic rings. The molecule has 0 bridgehead atoms. The normalized spacial score (nSPS) is 11.8. The Kier molecular flexibility index (Phi) is 5.49. The highest BCUT2D eigenvalue weighted by Crippen LogP contribution is 2.29. The summed E-state index contributed by atoms with van der Waals surface area (Å²) in [6.45, 7) is 6.41. The Labute approximate surface area is 162 Å². The third-order valence-electron chi connectivity index (χ3n) is 4.92. The highest BCUT2D eigenvalue weighted by atomic mass is 19.4. The lowest BCUT2D eigenvalue weighted by Crippen LogP contribution is -2.27. The second-order valence-electron chi connectivity index (χ2n) is 7.20. The van der Waals surface area contributed by atoms with Crippen LogP contribution in [0.3, 0.4) is 0 Å². The van der Waals surface area contributed by atoms with Crippen molar-refractivity contribution in [3.8, 4) is 0 Å². The van der Waals surface area contributed by atoms with E-state index in [1.165, 1.54) is 12.1 Å². The predicted molar refractivity (Wildman–Crippen MR) is 104 cm³/mol. The van der Waals surface area contributed by atoms with E-state index in [0.29, 0.717) is 13.0 Å². The zero-order valence-electron chi connectivity index (χ0n) is 16.1. The number of alkyl halides is 3. The van der Waals surface area contributed by atoms with E-state index in [0.717, 1.165) is 51.0 Å². The molecule has 1 heterocycles. The Morgan fingerprint density at radius 1 is 1.07 bits per heavy atom. The Morgan fingerprint density at radius 3 is 2.39 bits per heavy atom. The molecule has 1 amide bonds. The fourth-order valence-corrected chi connectivity index (χ4v) is 3.49.